The number of carboxylic acids is 1. The summed E-state index contributed by atoms with van der Waals surface area (Å²) in [6, 6.07) is 5.96. The quantitative estimate of drug-likeness (QED) is 0.721. The van der Waals surface area contributed by atoms with E-state index in [4.69, 9.17) is 5.11 Å². The van der Waals surface area contributed by atoms with Gasteiger partial charge in [0.2, 0.25) is 5.91 Å². The smallest absolute Gasteiger partial charge is 0.303 e. The highest BCUT2D eigenvalue weighted by Gasteiger charge is 2.21. The lowest BCUT2D eigenvalue weighted by atomic mass is 9.98. The predicted molar refractivity (Wildman–Crippen MR) is 83.5 cm³/mol. The van der Waals surface area contributed by atoms with E-state index >= 15 is 0 Å². The number of hydrogen-bond donors (Lipinski definition) is 3. The van der Waals surface area contributed by atoms with Crippen molar-refractivity contribution >= 4 is 17.6 Å². The number of amides is 1. The zero-order chi connectivity index (χ0) is 16.0. The topological polar surface area (TPSA) is 78.4 Å². The molecule has 5 heteroatoms. The Morgan fingerprint density at radius 1 is 1.19 bits per heavy atom. The van der Waals surface area contributed by atoms with Crippen LogP contribution in [0.3, 0.4) is 0 Å². The van der Waals surface area contributed by atoms with E-state index in [0.717, 1.165) is 16.8 Å². The van der Waals surface area contributed by atoms with Gasteiger partial charge in [-0.25, -0.2) is 0 Å². The third kappa shape index (κ3) is 5.85. The van der Waals surface area contributed by atoms with Gasteiger partial charge in [0.15, 0.2) is 0 Å². The number of carbonyl (C=O) groups excluding carboxylic acids is 1. The molecule has 21 heavy (non-hydrogen) atoms. The first-order valence-electron chi connectivity index (χ1n) is 7.04. The molecule has 0 saturated heterocycles. The summed E-state index contributed by atoms with van der Waals surface area (Å²) in [5.41, 5.74) is 2.62. The molecule has 0 aliphatic carbocycles. The normalized spacial score (nSPS) is 11.0. The summed E-state index contributed by atoms with van der Waals surface area (Å²) >= 11 is 0. The zero-order valence-electron chi connectivity index (χ0n) is 13.1. The lowest BCUT2D eigenvalue weighted by Gasteiger charge is -2.26. The molecule has 0 bridgehead atoms. The second-order valence-corrected chi connectivity index (χ2v) is 5.95. The van der Waals surface area contributed by atoms with Crippen LogP contribution in [0.5, 0.6) is 0 Å². The fourth-order valence-electron chi connectivity index (χ4n) is 2.17. The second-order valence-electron chi connectivity index (χ2n) is 5.95. The molecule has 0 fully saturated rings. The fraction of sp³-hybridized carbons (Fsp3) is 0.500. The Morgan fingerprint density at radius 2 is 1.76 bits per heavy atom. The number of carboxylic acid groups (broad SMARTS) is 1. The summed E-state index contributed by atoms with van der Waals surface area (Å²) in [7, 11) is 0. The number of aliphatic carboxylic acids is 1. The van der Waals surface area contributed by atoms with E-state index < -0.39 is 11.5 Å². The maximum absolute atomic E-state index is 12.0. The van der Waals surface area contributed by atoms with Gasteiger partial charge in [-0.05, 0) is 45.2 Å². The standard InChI is InChI=1S/C16H24N2O3/c1-11-6-5-7-12(2)15(11)17-10-13(19)18-16(3,4)9-8-14(20)21/h5-7,17H,8-10H2,1-4H3,(H,18,19)(H,20,21). The Balaban J connectivity index is 2.52. The van der Waals surface area contributed by atoms with Crippen molar-refractivity contribution in [2.75, 3.05) is 11.9 Å². The van der Waals surface area contributed by atoms with Gasteiger partial charge >= 0.3 is 5.97 Å². The van der Waals surface area contributed by atoms with Gasteiger partial charge in [-0.15, -0.1) is 0 Å². The Morgan fingerprint density at radius 3 is 2.29 bits per heavy atom. The first-order chi connectivity index (χ1) is 9.71. The van der Waals surface area contributed by atoms with Crippen LogP contribution in [-0.2, 0) is 9.59 Å². The highest BCUT2D eigenvalue weighted by Crippen LogP contribution is 2.19. The maximum Gasteiger partial charge on any atom is 0.303 e. The second kappa shape index (κ2) is 7.11. The predicted octanol–water partition coefficient (Wildman–Crippen LogP) is 2.47. The van der Waals surface area contributed by atoms with E-state index in [2.05, 4.69) is 10.6 Å². The van der Waals surface area contributed by atoms with Crippen LogP contribution in [0.2, 0.25) is 0 Å². The average molecular weight is 292 g/mol. The van der Waals surface area contributed by atoms with E-state index in [1.807, 2.05) is 45.9 Å². The number of hydrogen-bond acceptors (Lipinski definition) is 3. The van der Waals surface area contributed by atoms with Crippen LogP contribution in [0.4, 0.5) is 5.69 Å². The molecule has 1 amide bonds. The van der Waals surface area contributed by atoms with E-state index in [9.17, 15) is 9.59 Å². The maximum atomic E-state index is 12.0. The van der Waals surface area contributed by atoms with E-state index in [1.54, 1.807) is 0 Å². The molecule has 0 spiro atoms. The molecule has 116 valence electrons. The summed E-state index contributed by atoms with van der Waals surface area (Å²) in [6.45, 7) is 7.80. The summed E-state index contributed by atoms with van der Waals surface area (Å²) in [5.74, 6) is -1.00. The highest BCUT2D eigenvalue weighted by molar-refractivity contribution is 5.82. The van der Waals surface area contributed by atoms with Gasteiger partial charge in [0.1, 0.15) is 0 Å². The number of carbonyl (C=O) groups is 2. The summed E-state index contributed by atoms with van der Waals surface area (Å²) in [5, 5.41) is 14.7. The molecule has 1 rings (SSSR count). The number of nitrogens with one attached hydrogen (secondary N) is 2. The number of anilines is 1. The molecule has 0 heterocycles. The van der Waals surface area contributed by atoms with Gasteiger partial charge in [-0.3, -0.25) is 9.59 Å². The van der Waals surface area contributed by atoms with Gasteiger partial charge in [-0.2, -0.15) is 0 Å². The van der Waals surface area contributed by atoms with E-state index in [-0.39, 0.29) is 18.9 Å². The Kier molecular flexibility index (Phi) is 5.76. The van der Waals surface area contributed by atoms with E-state index in [0.29, 0.717) is 6.42 Å². The minimum atomic E-state index is -0.856. The van der Waals surface area contributed by atoms with Crippen molar-refractivity contribution in [1.29, 1.82) is 0 Å². The minimum absolute atomic E-state index is 0.0393. The lowest BCUT2D eigenvalue weighted by Crippen LogP contribution is -2.46. The van der Waals surface area contributed by atoms with Crippen LogP contribution in [0.15, 0.2) is 18.2 Å². The summed E-state index contributed by atoms with van der Waals surface area (Å²) < 4.78 is 0. The van der Waals surface area contributed by atoms with Crippen molar-refractivity contribution in [3.63, 3.8) is 0 Å². The van der Waals surface area contributed by atoms with Crippen molar-refractivity contribution in [2.24, 2.45) is 0 Å². The molecule has 3 N–H and O–H groups in total. The Bertz CT molecular complexity index is 504. The van der Waals surface area contributed by atoms with Crippen molar-refractivity contribution in [2.45, 2.75) is 46.1 Å². The highest BCUT2D eigenvalue weighted by atomic mass is 16.4. The fourth-order valence-corrected chi connectivity index (χ4v) is 2.17. The first-order valence-corrected chi connectivity index (χ1v) is 7.04. The van der Waals surface area contributed by atoms with Gasteiger partial charge < -0.3 is 15.7 Å². The van der Waals surface area contributed by atoms with Crippen LogP contribution in [0, 0.1) is 13.8 Å². The lowest BCUT2D eigenvalue weighted by molar-refractivity contribution is -0.137. The van der Waals surface area contributed by atoms with Crippen LogP contribution in [0.1, 0.15) is 37.8 Å². The Labute approximate surface area is 125 Å². The number of benzene rings is 1. The molecule has 1 aromatic carbocycles. The summed E-state index contributed by atoms with van der Waals surface area (Å²) in [4.78, 5) is 22.6. The molecule has 0 aliphatic rings. The Hall–Kier alpha value is -2.04. The molecule has 0 atom stereocenters. The number of rotatable bonds is 7. The van der Waals surface area contributed by atoms with E-state index in [1.165, 1.54) is 0 Å². The number of aryl methyl sites for hydroxylation is 2. The number of para-hydroxylation sites is 1. The molecule has 0 aliphatic heterocycles. The minimum Gasteiger partial charge on any atom is -0.481 e. The van der Waals surface area contributed by atoms with Crippen LogP contribution in [-0.4, -0.2) is 29.1 Å². The molecule has 0 unspecified atom stereocenters. The molecule has 1 aromatic rings. The molecule has 0 saturated carbocycles. The first kappa shape index (κ1) is 17.0. The summed E-state index contributed by atoms with van der Waals surface area (Å²) in [6.07, 6.45) is 0.440. The molecule has 5 nitrogen and oxygen atoms in total. The molecule has 0 aromatic heterocycles. The van der Waals surface area contributed by atoms with Crippen LogP contribution >= 0.6 is 0 Å². The van der Waals surface area contributed by atoms with Gasteiger partial charge in [-0.1, -0.05) is 18.2 Å². The third-order valence-electron chi connectivity index (χ3n) is 3.35. The molecular formula is C16H24N2O3. The van der Waals surface area contributed by atoms with Gasteiger partial charge in [0, 0.05) is 17.6 Å². The van der Waals surface area contributed by atoms with Crippen LogP contribution < -0.4 is 10.6 Å². The SMILES string of the molecule is Cc1cccc(C)c1NCC(=O)NC(C)(C)CCC(=O)O. The largest absolute Gasteiger partial charge is 0.481 e. The zero-order valence-corrected chi connectivity index (χ0v) is 13.1. The average Bonchev–Trinajstić information content (AvgIpc) is 2.35. The van der Waals surface area contributed by atoms with Crippen LogP contribution in [0.25, 0.3) is 0 Å². The van der Waals surface area contributed by atoms with Crippen molar-refractivity contribution in [1.82, 2.24) is 5.32 Å². The van der Waals surface area contributed by atoms with Crippen molar-refractivity contribution in [3.8, 4) is 0 Å². The third-order valence-corrected chi connectivity index (χ3v) is 3.35. The monoisotopic (exact) mass is 292 g/mol. The molecular weight excluding hydrogens is 268 g/mol. The van der Waals surface area contributed by atoms with Gasteiger partial charge in [0.05, 0.1) is 6.54 Å². The molecule has 0 radical (unpaired) electrons. The van der Waals surface area contributed by atoms with Gasteiger partial charge in [0.25, 0.3) is 0 Å². The van der Waals surface area contributed by atoms with Crippen molar-refractivity contribution < 1.29 is 14.7 Å². The van der Waals surface area contributed by atoms with Crippen molar-refractivity contribution in [3.05, 3.63) is 29.3 Å².